The van der Waals surface area contributed by atoms with Crippen molar-refractivity contribution < 1.29 is 13.6 Å². The number of carbonyl (C=O) groups excluding carboxylic acids is 1. The number of halogens is 5. The van der Waals surface area contributed by atoms with E-state index in [0.29, 0.717) is 27.0 Å². The molecule has 2 rings (SSSR count). The van der Waals surface area contributed by atoms with E-state index in [4.69, 9.17) is 28.9 Å². The second kappa shape index (κ2) is 8.99. The molecule has 0 fully saturated rings. The van der Waals surface area contributed by atoms with Crippen LogP contribution in [-0.4, -0.2) is 34.7 Å². The minimum absolute atomic E-state index is 0. The molecule has 144 valence electrons. The van der Waals surface area contributed by atoms with Crippen LogP contribution in [0.2, 0.25) is 10.0 Å². The molecule has 3 N–H and O–H groups in total. The van der Waals surface area contributed by atoms with Gasteiger partial charge in [0.1, 0.15) is 0 Å². The summed E-state index contributed by atoms with van der Waals surface area (Å²) in [6.45, 7) is 1.93. The molecule has 0 aliphatic heterocycles. The second-order valence-corrected chi connectivity index (χ2v) is 6.49. The minimum Gasteiger partial charge on any atom is -0.350 e. The molecule has 26 heavy (non-hydrogen) atoms. The number of nitrogens with zero attached hydrogens (tertiary/aromatic N) is 2. The van der Waals surface area contributed by atoms with Gasteiger partial charge in [-0.1, -0.05) is 23.2 Å². The smallest absolute Gasteiger partial charge is 0.277 e. The number of hydrogen-bond donors (Lipinski definition) is 2. The lowest BCUT2D eigenvalue weighted by Crippen LogP contribution is -2.42. The molecule has 0 radical (unpaired) electrons. The third kappa shape index (κ3) is 5.30. The van der Waals surface area contributed by atoms with Crippen LogP contribution in [0, 0.1) is 13.8 Å². The highest BCUT2D eigenvalue weighted by Gasteiger charge is 2.27. The summed E-state index contributed by atoms with van der Waals surface area (Å²) in [5, 5.41) is 7.40. The van der Waals surface area contributed by atoms with Crippen LogP contribution in [0.1, 0.15) is 17.0 Å². The van der Waals surface area contributed by atoms with Gasteiger partial charge in [0.15, 0.2) is 0 Å². The summed E-state index contributed by atoms with van der Waals surface area (Å²) in [6, 6.07) is 5.06. The van der Waals surface area contributed by atoms with Crippen molar-refractivity contribution in [3.05, 3.63) is 45.2 Å². The van der Waals surface area contributed by atoms with Crippen LogP contribution < -0.4 is 11.1 Å². The molecule has 0 aliphatic carbocycles. The maximum atomic E-state index is 13.1. The molecular formula is C16H19Cl3F2N4O. The van der Waals surface area contributed by atoms with Gasteiger partial charge in [-0.15, -0.1) is 12.4 Å². The summed E-state index contributed by atoms with van der Waals surface area (Å²) in [4.78, 5) is 12.0. The van der Waals surface area contributed by atoms with Crippen molar-refractivity contribution in [2.45, 2.75) is 26.2 Å². The number of nitrogens with one attached hydrogen (secondary N) is 1. The Bertz CT molecular complexity index is 796. The average molecular weight is 428 g/mol. The second-order valence-electron chi connectivity index (χ2n) is 5.67. The summed E-state index contributed by atoms with van der Waals surface area (Å²) >= 11 is 11.9. The topological polar surface area (TPSA) is 72.9 Å². The highest BCUT2D eigenvalue weighted by molar-refractivity contribution is 6.42. The number of nitrogens with two attached hydrogens (primary N) is 1. The third-order valence-electron chi connectivity index (χ3n) is 3.77. The summed E-state index contributed by atoms with van der Waals surface area (Å²) < 4.78 is 27.9. The van der Waals surface area contributed by atoms with Crippen molar-refractivity contribution in [3.63, 3.8) is 0 Å². The average Bonchev–Trinajstić information content (AvgIpc) is 2.84. The monoisotopic (exact) mass is 426 g/mol. The van der Waals surface area contributed by atoms with Crippen molar-refractivity contribution in [3.8, 4) is 5.69 Å². The van der Waals surface area contributed by atoms with Crippen LogP contribution in [0.3, 0.4) is 0 Å². The zero-order valence-electron chi connectivity index (χ0n) is 14.2. The third-order valence-corrected chi connectivity index (χ3v) is 4.51. The number of rotatable bonds is 6. The van der Waals surface area contributed by atoms with E-state index in [1.165, 1.54) is 0 Å². The van der Waals surface area contributed by atoms with E-state index in [2.05, 4.69) is 10.4 Å². The molecule has 1 aromatic carbocycles. The van der Waals surface area contributed by atoms with E-state index in [-0.39, 0.29) is 18.8 Å². The van der Waals surface area contributed by atoms with Crippen LogP contribution >= 0.6 is 35.6 Å². The van der Waals surface area contributed by atoms with E-state index in [1.54, 1.807) is 36.7 Å². The summed E-state index contributed by atoms with van der Waals surface area (Å²) in [5.74, 6) is -3.64. The Hall–Kier alpha value is -1.41. The molecule has 0 spiro atoms. The number of aromatic nitrogens is 2. The van der Waals surface area contributed by atoms with Crippen molar-refractivity contribution in [2.24, 2.45) is 5.73 Å². The first-order valence-electron chi connectivity index (χ1n) is 7.49. The van der Waals surface area contributed by atoms with Gasteiger partial charge in [-0.05, 0) is 32.0 Å². The first-order valence-corrected chi connectivity index (χ1v) is 8.25. The number of carbonyl (C=O) groups is 1. The fourth-order valence-electron chi connectivity index (χ4n) is 2.32. The molecule has 0 bridgehead atoms. The van der Waals surface area contributed by atoms with Crippen molar-refractivity contribution in [1.29, 1.82) is 0 Å². The molecule has 0 aliphatic rings. The van der Waals surface area contributed by atoms with Gasteiger partial charge in [0, 0.05) is 11.3 Å². The Kier molecular flexibility index (Phi) is 7.83. The zero-order chi connectivity index (χ0) is 18.8. The van der Waals surface area contributed by atoms with E-state index < -0.39 is 24.9 Å². The van der Waals surface area contributed by atoms with Crippen molar-refractivity contribution >= 4 is 41.5 Å². The van der Waals surface area contributed by atoms with E-state index in [1.807, 2.05) is 0 Å². The van der Waals surface area contributed by atoms with E-state index in [9.17, 15) is 13.6 Å². The molecule has 10 heteroatoms. The summed E-state index contributed by atoms with van der Waals surface area (Å²) in [7, 11) is 0. The Morgan fingerprint density at radius 3 is 2.54 bits per heavy atom. The van der Waals surface area contributed by atoms with Gasteiger partial charge < -0.3 is 11.1 Å². The predicted octanol–water partition coefficient (Wildman–Crippen LogP) is 3.47. The molecule has 5 nitrogen and oxygen atoms in total. The normalized spacial score (nSPS) is 11.2. The molecule has 2 aromatic rings. The molecule has 1 heterocycles. The van der Waals surface area contributed by atoms with Crippen LogP contribution in [0.5, 0.6) is 0 Å². The largest absolute Gasteiger partial charge is 0.350 e. The zero-order valence-corrected chi connectivity index (χ0v) is 16.5. The molecular weight excluding hydrogens is 409 g/mol. The number of aryl methyl sites for hydroxylation is 1. The molecule has 0 saturated carbocycles. The fourth-order valence-corrected chi connectivity index (χ4v) is 2.61. The number of amides is 1. The maximum Gasteiger partial charge on any atom is 0.277 e. The first-order chi connectivity index (χ1) is 11.6. The number of benzene rings is 1. The summed E-state index contributed by atoms with van der Waals surface area (Å²) in [5.41, 5.74) is 7.65. The molecule has 1 aromatic heterocycles. The van der Waals surface area contributed by atoms with Gasteiger partial charge in [-0.3, -0.25) is 4.79 Å². The van der Waals surface area contributed by atoms with Gasteiger partial charge >= 0.3 is 0 Å². The van der Waals surface area contributed by atoms with Gasteiger partial charge in [-0.25, -0.2) is 13.5 Å². The Balaban J connectivity index is 0.00000338. The van der Waals surface area contributed by atoms with Crippen LogP contribution in [0.4, 0.5) is 8.78 Å². The lowest BCUT2D eigenvalue weighted by molar-refractivity contribution is -0.122. The Morgan fingerprint density at radius 2 is 1.96 bits per heavy atom. The highest BCUT2D eigenvalue weighted by Crippen LogP contribution is 2.26. The molecule has 0 saturated heterocycles. The van der Waals surface area contributed by atoms with Crippen LogP contribution in [0.15, 0.2) is 18.2 Å². The van der Waals surface area contributed by atoms with Gasteiger partial charge in [-0.2, -0.15) is 5.10 Å². The highest BCUT2D eigenvalue weighted by atomic mass is 35.5. The Morgan fingerprint density at radius 1 is 1.31 bits per heavy atom. The minimum atomic E-state index is -3.12. The SMILES string of the molecule is Cc1nn(-c2ccc(Cl)c(Cl)c2)c(C)c1CC(=O)NCC(F)(F)CN.Cl. The van der Waals surface area contributed by atoms with Crippen molar-refractivity contribution in [2.75, 3.05) is 13.1 Å². The van der Waals surface area contributed by atoms with Gasteiger partial charge in [0.25, 0.3) is 5.92 Å². The van der Waals surface area contributed by atoms with Crippen LogP contribution in [0.25, 0.3) is 5.69 Å². The first kappa shape index (κ1) is 22.6. The quantitative estimate of drug-likeness (QED) is 0.741. The van der Waals surface area contributed by atoms with E-state index >= 15 is 0 Å². The summed E-state index contributed by atoms with van der Waals surface area (Å²) in [6.07, 6.45) is -0.0559. The van der Waals surface area contributed by atoms with E-state index in [0.717, 1.165) is 5.69 Å². The Labute approximate surface area is 166 Å². The molecule has 0 atom stereocenters. The number of alkyl halides is 2. The van der Waals surface area contributed by atoms with Gasteiger partial charge in [0.2, 0.25) is 5.91 Å². The standard InChI is InChI=1S/C16H18Cl2F2N4O.ClH/c1-9-12(6-15(25)22-8-16(19,20)7-21)10(2)24(23-9)11-3-4-13(17)14(18)5-11;/h3-5H,6-8,21H2,1-2H3,(H,22,25);1H. The maximum absolute atomic E-state index is 13.1. The van der Waals surface area contributed by atoms with Crippen LogP contribution in [-0.2, 0) is 11.2 Å². The molecule has 1 amide bonds. The van der Waals surface area contributed by atoms with Gasteiger partial charge in [0.05, 0.1) is 40.9 Å². The van der Waals surface area contributed by atoms with Crippen molar-refractivity contribution in [1.82, 2.24) is 15.1 Å². The number of hydrogen-bond acceptors (Lipinski definition) is 3. The predicted molar refractivity (Wildman–Crippen MR) is 101 cm³/mol. The lowest BCUT2D eigenvalue weighted by Gasteiger charge is -2.14. The molecule has 0 unspecified atom stereocenters. The fraction of sp³-hybridized carbons (Fsp3) is 0.375. The lowest BCUT2D eigenvalue weighted by atomic mass is 10.1.